The second-order valence-corrected chi connectivity index (χ2v) is 6.92. The van der Waals surface area contributed by atoms with Crippen molar-refractivity contribution in [2.75, 3.05) is 18.4 Å². The van der Waals surface area contributed by atoms with Gasteiger partial charge in [0, 0.05) is 30.2 Å². The van der Waals surface area contributed by atoms with Crippen LogP contribution in [0.4, 0.5) is 5.82 Å². The quantitative estimate of drug-likeness (QED) is 0.727. The molecular weight excluding hydrogens is 369 g/mol. The molecule has 1 aromatic heterocycles. The first-order valence-electron chi connectivity index (χ1n) is 7.63. The Hall–Kier alpha value is -1.49. The molecule has 1 aliphatic rings. The van der Waals surface area contributed by atoms with Crippen LogP contribution in [0, 0.1) is 5.92 Å². The molecule has 1 heterocycles. The molecule has 0 spiro atoms. The predicted octanol–water partition coefficient (Wildman–Crippen LogP) is 4.37. The molecule has 1 aromatic carbocycles. The maximum absolute atomic E-state index is 12.2. The number of benzene rings is 1. The molecule has 2 N–H and O–H groups in total. The van der Waals surface area contributed by atoms with Crippen molar-refractivity contribution in [1.29, 1.82) is 0 Å². The third kappa shape index (κ3) is 4.12. The van der Waals surface area contributed by atoms with E-state index in [2.05, 4.69) is 15.6 Å². The van der Waals surface area contributed by atoms with Gasteiger partial charge in [-0.15, -0.1) is 0 Å². The van der Waals surface area contributed by atoms with Crippen LogP contribution in [0.3, 0.4) is 0 Å². The van der Waals surface area contributed by atoms with Crippen LogP contribution in [-0.4, -0.2) is 24.0 Å². The van der Waals surface area contributed by atoms with Crippen molar-refractivity contribution in [1.82, 2.24) is 10.3 Å². The number of carbonyl (C=O) groups excluding carboxylic acids is 1. The molecule has 1 amide bonds. The third-order valence-electron chi connectivity index (χ3n) is 3.96. The summed E-state index contributed by atoms with van der Waals surface area (Å²) in [6, 6.07) is 9.30. The van der Waals surface area contributed by atoms with Gasteiger partial charge in [-0.2, -0.15) is 0 Å². The summed E-state index contributed by atoms with van der Waals surface area (Å²) in [6.45, 7) is 1.02. The molecule has 1 saturated carbocycles. The molecule has 2 atom stereocenters. The van der Waals surface area contributed by atoms with E-state index in [1.54, 1.807) is 6.07 Å². The summed E-state index contributed by atoms with van der Waals surface area (Å²) in [5.74, 6) is 0.828. The van der Waals surface area contributed by atoms with Crippen LogP contribution in [0.5, 0.6) is 0 Å². The zero-order chi connectivity index (χ0) is 17.1. The summed E-state index contributed by atoms with van der Waals surface area (Å²) < 4.78 is 0. The van der Waals surface area contributed by atoms with Crippen LogP contribution in [0.15, 0.2) is 36.5 Å². The summed E-state index contributed by atoms with van der Waals surface area (Å²) in [5.41, 5.74) is 1.05. The minimum atomic E-state index is 0.00199. The highest BCUT2D eigenvalue weighted by Crippen LogP contribution is 2.49. The second kappa shape index (κ2) is 7.60. The molecule has 0 saturated heterocycles. The fourth-order valence-corrected chi connectivity index (χ4v) is 3.37. The topological polar surface area (TPSA) is 54.0 Å². The Morgan fingerprint density at radius 3 is 2.71 bits per heavy atom. The molecular formula is C17H16Cl3N3O. The smallest absolute Gasteiger partial charge is 0.223 e. The predicted molar refractivity (Wildman–Crippen MR) is 98.1 cm³/mol. The number of aromatic nitrogens is 1. The zero-order valence-corrected chi connectivity index (χ0v) is 15.0. The summed E-state index contributed by atoms with van der Waals surface area (Å²) in [4.78, 5) is 16.3. The van der Waals surface area contributed by atoms with E-state index in [0.29, 0.717) is 29.0 Å². The lowest BCUT2D eigenvalue weighted by Gasteiger charge is -2.09. The summed E-state index contributed by atoms with van der Waals surface area (Å²) in [6.07, 6.45) is 2.36. The Bertz CT molecular complexity index is 754. The average Bonchev–Trinajstić information content (AvgIpc) is 3.34. The van der Waals surface area contributed by atoms with Gasteiger partial charge in [-0.05, 0) is 30.0 Å². The van der Waals surface area contributed by atoms with Gasteiger partial charge in [-0.25, -0.2) is 4.98 Å². The molecule has 126 valence electrons. The van der Waals surface area contributed by atoms with Crippen molar-refractivity contribution < 1.29 is 4.79 Å². The molecule has 0 bridgehead atoms. The lowest BCUT2D eigenvalue weighted by atomic mass is 10.1. The van der Waals surface area contributed by atoms with Crippen LogP contribution in [0.2, 0.25) is 15.1 Å². The largest absolute Gasteiger partial charge is 0.367 e. The van der Waals surface area contributed by atoms with Crippen LogP contribution in [0.1, 0.15) is 17.9 Å². The molecule has 1 aliphatic carbocycles. The second-order valence-electron chi connectivity index (χ2n) is 5.67. The number of hydrogen-bond acceptors (Lipinski definition) is 3. The lowest BCUT2D eigenvalue weighted by Crippen LogP contribution is -2.30. The van der Waals surface area contributed by atoms with Gasteiger partial charge in [0.2, 0.25) is 5.91 Å². The van der Waals surface area contributed by atoms with Crippen LogP contribution in [0.25, 0.3) is 0 Å². The van der Waals surface area contributed by atoms with Gasteiger partial charge >= 0.3 is 0 Å². The van der Waals surface area contributed by atoms with Gasteiger partial charge < -0.3 is 10.6 Å². The highest BCUT2D eigenvalue weighted by Gasteiger charge is 2.44. The number of rotatable bonds is 6. The third-order valence-corrected chi connectivity index (χ3v) is 4.80. The van der Waals surface area contributed by atoms with E-state index in [4.69, 9.17) is 34.8 Å². The van der Waals surface area contributed by atoms with E-state index in [9.17, 15) is 4.79 Å². The Balaban J connectivity index is 1.43. The number of carbonyl (C=O) groups is 1. The Morgan fingerprint density at radius 2 is 1.96 bits per heavy atom. The van der Waals surface area contributed by atoms with Gasteiger partial charge in [0.25, 0.3) is 0 Å². The number of nitrogens with zero attached hydrogens (tertiary/aromatic N) is 1. The van der Waals surface area contributed by atoms with E-state index in [-0.39, 0.29) is 17.7 Å². The minimum absolute atomic E-state index is 0.00199. The molecule has 7 heteroatoms. The summed E-state index contributed by atoms with van der Waals surface area (Å²) in [5, 5.41) is 7.66. The van der Waals surface area contributed by atoms with Crippen molar-refractivity contribution >= 4 is 46.5 Å². The number of nitrogens with one attached hydrogen (secondary N) is 2. The van der Waals surface area contributed by atoms with Crippen molar-refractivity contribution in [2.45, 2.75) is 12.3 Å². The number of anilines is 1. The first-order valence-corrected chi connectivity index (χ1v) is 8.76. The number of hydrogen-bond donors (Lipinski definition) is 2. The van der Waals surface area contributed by atoms with E-state index >= 15 is 0 Å². The number of amides is 1. The summed E-state index contributed by atoms with van der Waals surface area (Å²) in [7, 11) is 0. The Morgan fingerprint density at radius 1 is 1.17 bits per heavy atom. The maximum atomic E-state index is 12.2. The fourth-order valence-electron chi connectivity index (χ4n) is 2.65. The Labute approximate surface area is 155 Å². The molecule has 0 aliphatic heterocycles. The molecule has 0 radical (unpaired) electrons. The normalized spacial score (nSPS) is 19.0. The van der Waals surface area contributed by atoms with E-state index in [0.717, 1.165) is 17.0 Å². The molecule has 1 fully saturated rings. The standard InChI is InChI=1S/C17H16Cl3N3O/c18-10-7-15(20)16(23-9-10)21-5-6-22-17(24)13-8-12(13)11-3-1-2-4-14(11)19/h1-4,7,9,12-13H,5-6,8H2,(H,21,23)(H,22,24). The molecule has 24 heavy (non-hydrogen) atoms. The Kier molecular flexibility index (Phi) is 5.49. The first kappa shape index (κ1) is 17.3. The molecule has 2 unspecified atom stereocenters. The van der Waals surface area contributed by atoms with E-state index < -0.39 is 0 Å². The first-order chi connectivity index (χ1) is 11.6. The fraction of sp³-hybridized carbons (Fsp3) is 0.294. The highest BCUT2D eigenvalue weighted by atomic mass is 35.5. The van der Waals surface area contributed by atoms with Gasteiger partial charge in [0.05, 0.1) is 10.0 Å². The number of pyridine rings is 1. The van der Waals surface area contributed by atoms with Crippen LogP contribution >= 0.6 is 34.8 Å². The molecule has 2 aromatic rings. The average molecular weight is 385 g/mol. The van der Waals surface area contributed by atoms with E-state index in [1.165, 1.54) is 6.20 Å². The van der Waals surface area contributed by atoms with Gasteiger partial charge in [0.1, 0.15) is 5.82 Å². The molecule has 3 rings (SSSR count). The van der Waals surface area contributed by atoms with Gasteiger partial charge in [-0.3, -0.25) is 4.79 Å². The highest BCUT2D eigenvalue weighted by molar-refractivity contribution is 6.36. The van der Waals surface area contributed by atoms with Gasteiger partial charge in [-0.1, -0.05) is 53.0 Å². The van der Waals surface area contributed by atoms with E-state index in [1.807, 2.05) is 24.3 Å². The zero-order valence-electron chi connectivity index (χ0n) is 12.7. The lowest BCUT2D eigenvalue weighted by molar-refractivity contribution is -0.122. The number of halogens is 3. The van der Waals surface area contributed by atoms with Crippen molar-refractivity contribution in [3.63, 3.8) is 0 Å². The minimum Gasteiger partial charge on any atom is -0.367 e. The maximum Gasteiger partial charge on any atom is 0.223 e. The van der Waals surface area contributed by atoms with Crippen LogP contribution in [-0.2, 0) is 4.79 Å². The summed E-state index contributed by atoms with van der Waals surface area (Å²) >= 11 is 18.0. The monoisotopic (exact) mass is 383 g/mol. The molecule has 4 nitrogen and oxygen atoms in total. The van der Waals surface area contributed by atoms with Crippen molar-refractivity contribution in [3.8, 4) is 0 Å². The van der Waals surface area contributed by atoms with Crippen molar-refractivity contribution in [2.24, 2.45) is 5.92 Å². The van der Waals surface area contributed by atoms with Gasteiger partial charge in [0.15, 0.2) is 0 Å². The SMILES string of the molecule is O=C(NCCNc1ncc(Cl)cc1Cl)C1CC1c1ccccc1Cl. The van der Waals surface area contributed by atoms with Crippen LogP contribution < -0.4 is 10.6 Å². The van der Waals surface area contributed by atoms with Crippen molar-refractivity contribution in [3.05, 3.63) is 57.2 Å².